The van der Waals surface area contributed by atoms with Crippen molar-refractivity contribution < 1.29 is 18.3 Å². The van der Waals surface area contributed by atoms with Gasteiger partial charge >= 0.3 is 5.97 Å². The van der Waals surface area contributed by atoms with E-state index in [0.717, 1.165) is 4.09 Å². The normalized spacial score (nSPS) is 11.4. The average molecular weight is 280 g/mol. The molecule has 7 heteroatoms. The Bertz CT molecular complexity index is 719. The minimum Gasteiger partial charge on any atom is -0.478 e. The Hall–Kier alpha value is -2.15. The van der Waals surface area contributed by atoms with Crippen LogP contribution < -0.4 is 0 Å². The molecule has 0 bridgehead atoms. The maximum atomic E-state index is 11.6. The van der Waals surface area contributed by atoms with Crippen LogP contribution in [0.15, 0.2) is 36.7 Å². The van der Waals surface area contributed by atoms with E-state index in [-0.39, 0.29) is 11.3 Å². The van der Waals surface area contributed by atoms with Crippen LogP contribution in [0.25, 0.3) is 11.1 Å². The van der Waals surface area contributed by atoms with Crippen LogP contribution in [0, 0.1) is 0 Å². The number of nitrogens with zero attached hydrogens (tertiary/aromatic N) is 2. The summed E-state index contributed by atoms with van der Waals surface area (Å²) in [6.07, 6.45) is 2.66. The fraction of sp³-hybridized carbons (Fsp3) is 0.167. The highest BCUT2D eigenvalue weighted by Crippen LogP contribution is 2.23. The molecule has 1 N–H and O–H groups in total. The number of hydrogen-bond donors (Lipinski definition) is 1. The molecule has 0 saturated carbocycles. The molecule has 0 aliphatic rings. The summed E-state index contributed by atoms with van der Waals surface area (Å²) in [6, 6.07) is 6.38. The summed E-state index contributed by atoms with van der Waals surface area (Å²) in [5, 5.41) is 12.9. The molecule has 0 amide bonds. The Morgan fingerprint density at radius 3 is 2.68 bits per heavy atom. The molecular formula is C12H12N2O4S. The van der Waals surface area contributed by atoms with E-state index in [1.165, 1.54) is 25.4 Å². The Labute approximate surface area is 110 Å². The lowest BCUT2D eigenvalue weighted by atomic mass is 10.0. The number of carboxylic acid groups (broad SMARTS) is 1. The zero-order valence-electron chi connectivity index (χ0n) is 10.1. The highest BCUT2D eigenvalue weighted by Gasteiger charge is 2.16. The maximum absolute atomic E-state index is 11.6. The summed E-state index contributed by atoms with van der Waals surface area (Å²) in [6.45, 7) is 1.52. The highest BCUT2D eigenvalue weighted by molar-refractivity contribution is 7.89. The fourth-order valence-corrected chi connectivity index (χ4v) is 2.38. The SMILES string of the molecule is CCS(=O)(=O)n1cc(-c2ccccc2C(=O)O)cn1. The molecule has 0 saturated heterocycles. The Balaban J connectivity index is 2.53. The molecule has 1 aromatic carbocycles. The number of carboxylic acids is 1. The zero-order chi connectivity index (χ0) is 14.0. The molecule has 0 radical (unpaired) electrons. The van der Waals surface area contributed by atoms with Gasteiger partial charge in [-0.3, -0.25) is 0 Å². The summed E-state index contributed by atoms with van der Waals surface area (Å²) >= 11 is 0. The standard InChI is InChI=1S/C12H12N2O4S/c1-2-19(17,18)14-8-9(7-13-14)10-5-3-4-6-11(10)12(15)16/h3-8H,2H2,1H3,(H,15,16). The van der Waals surface area contributed by atoms with Gasteiger partial charge in [-0.05, 0) is 18.6 Å². The van der Waals surface area contributed by atoms with E-state index in [0.29, 0.717) is 11.1 Å². The number of rotatable bonds is 4. The Kier molecular flexibility index (Phi) is 3.39. The first-order chi connectivity index (χ1) is 8.95. The molecule has 100 valence electrons. The molecule has 2 aromatic rings. The summed E-state index contributed by atoms with van der Waals surface area (Å²) in [7, 11) is -3.46. The second kappa shape index (κ2) is 4.85. The quantitative estimate of drug-likeness (QED) is 0.915. The van der Waals surface area contributed by atoms with Gasteiger partial charge in [0.05, 0.1) is 23.7 Å². The highest BCUT2D eigenvalue weighted by atomic mass is 32.2. The summed E-state index contributed by atoms with van der Waals surface area (Å²) < 4.78 is 24.2. The van der Waals surface area contributed by atoms with Gasteiger partial charge in [-0.1, -0.05) is 18.2 Å². The Morgan fingerprint density at radius 1 is 1.37 bits per heavy atom. The molecule has 6 nitrogen and oxygen atoms in total. The molecule has 0 aliphatic heterocycles. The van der Waals surface area contributed by atoms with Crippen molar-refractivity contribution >= 4 is 16.0 Å². The van der Waals surface area contributed by atoms with Gasteiger partial charge in [0.2, 0.25) is 0 Å². The lowest BCUT2D eigenvalue weighted by Gasteiger charge is -2.02. The van der Waals surface area contributed by atoms with E-state index in [2.05, 4.69) is 5.10 Å². The van der Waals surface area contributed by atoms with Crippen LogP contribution in [0.2, 0.25) is 0 Å². The second-order valence-electron chi connectivity index (χ2n) is 3.85. The smallest absolute Gasteiger partial charge is 0.336 e. The number of benzene rings is 1. The average Bonchev–Trinajstić information content (AvgIpc) is 2.89. The van der Waals surface area contributed by atoms with Crippen LogP contribution in [-0.2, 0) is 10.0 Å². The second-order valence-corrected chi connectivity index (χ2v) is 5.97. The van der Waals surface area contributed by atoms with E-state index >= 15 is 0 Å². The van der Waals surface area contributed by atoms with Crippen LogP contribution in [0.3, 0.4) is 0 Å². The van der Waals surface area contributed by atoms with Gasteiger partial charge in [0.15, 0.2) is 0 Å². The summed E-state index contributed by atoms with van der Waals surface area (Å²) in [5.41, 5.74) is 0.999. The van der Waals surface area contributed by atoms with Crippen molar-refractivity contribution in [2.24, 2.45) is 0 Å². The van der Waals surface area contributed by atoms with Gasteiger partial charge in [0.25, 0.3) is 10.0 Å². The number of aromatic nitrogens is 2. The molecule has 0 unspecified atom stereocenters. The third-order valence-corrected chi connectivity index (χ3v) is 4.18. The van der Waals surface area contributed by atoms with Gasteiger partial charge in [-0.15, -0.1) is 0 Å². The third-order valence-electron chi connectivity index (χ3n) is 2.68. The van der Waals surface area contributed by atoms with Crippen molar-refractivity contribution in [3.63, 3.8) is 0 Å². The minimum absolute atomic E-state index is 0.0747. The lowest BCUT2D eigenvalue weighted by Crippen LogP contribution is -2.14. The molecule has 0 spiro atoms. The van der Waals surface area contributed by atoms with Crippen LogP contribution in [0.5, 0.6) is 0 Å². The number of hydrogen-bond acceptors (Lipinski definition) is 4. The minimum atomic E-state index is -3.46. The molecular weight excluding hydrogens is 268 g/mol. The molecule has 1 heterocycles. The van der Waals surface area contributed by atoms with E-state index in [4.69, 9.17) is 5.11 Å². The third kappa shape index (κ3) is 2.50. The van der Waals surface area contributed by atoms with E-state index < -0.39 is 16.0 Å². The number of aromatic carboxylic acids is 1. The van der Waals surface area contributed by atoms with Gasteiger partial charge in [-0.25, -0.2) is 13.2 Å². The van der Waals surface area contributed by atoms with Crippen molar-refractivity contribution in [3.8, 4) is 11.1 Å². The molecule has 19 heavy (non-hydrogen) atoms. The first-order valence-electron chi connectivity index (χ1n) is 5.56. The fourth-order valence-electron chi connectivity index (χ4n) is 1.65. The van der Waals surface area contributed by atoms with Crippen molar-refractivity contribution in [2.75, 3.05) is 5.75 Å². The molecule has 0 atom stereocenters. The summed E-state index contributed by atoms with van der Waals surface area (Å²) in [5.74, 6) is -1.14. The van der Waals surface area contributed by atoms with Crippen molar-refractivity contribution in [3.05, 3.63) is 42.2 Å². The van der Waals surface area contributed by atoms with Gasteiger partial charge in [-0.2, -0.15) is 9.19 Å². The van der Waals surface area contributed by atoms with Crippen molar-refractivity contribution in [2.45, 2.75) is 6.92 Å². The van der Waals surface area contributed by atoms with Gasteiger partial charge in [0, 0.05) is 5.56 Å². The molecule has 0 aliphatic carbocycles. The van der Waals surface area contributed by atoms with Crippen LogP contribution in [-0.4, -0.2) is 34.4 Å². The first-order valence-corrected chi connectivity index (χ1v) is 7.17. The zero-order valence-corrected chi connectivity index (χ0v) is 11.0. The monoisotopic (exact) mass is 280 g/mol. The molecule has 1 aromatic heterocycles. The van der Waals surface area contributed by atoms with Crippen LogP contribution in [0.4, 0.5) is 0 Å². The van der Waals surface area contributed by atoms with E-state index in [9.17, 15) is 13.2 Å². The van der Waals surface area contributed by atoms with Crippen LogP contribution in [0.1, 0.15) is 17.3 Å². The van der Waals surface area contributed by atoms with E-state index in [1.807, 2.05) is 0 Å². The largest absolute Gasteiger partial charge is 0.478 e. The topological polar surface area (TPSA) is 89.3 Å². The van der Waals surface area contributed by atoms with E-state index in [1.54, 1.807) is 18.2 Å². The van der Waals surface area contributed by atoms with Crippen LogP contribution >= 0.6 is 0 Å². The Morgan fingerprint density at radius 2 is 2.05 bits per heavy atom. The lowest BCUT2D eigenvalue weighted by molar-refractivity contribution is 0.0697. The maximum Gasteiger partial charge on any atom is 0.336 e. The molecule has 2 rings (SSSR count). The van der Waals surface area contributed by atoms with Crippen molar-refractivity contribution in [1.82, 2.24) is 9.19 Å². The van der Waals surface area contributed by atoms with Gasteiger partial charge < -0.3 is 5.11 Å². The number of carbonyl (C=O) groups is 1. The summed E-state index contributed by atoms with van der Waals surface area (Å²) in [4.78, 5) is 11.1. The predicted molar refractivity (Wildman–Crippen MR) is 69.5 cm³/mol. The predicted octanol–water partition coefficient (Wildman–Crippen LogP) is 1.45. The first kappa shape index (κ1) is 13.3. The molecule has 0 fully saturated rings. The van der Waals surface area contributed by atoms with Crippen molar-refractivity contribution in [1.29, 1.82) is 0 Å². The van der Waals surface area contributed by atoms with Gasteiger partial charge in [0.1, 0.15) is 0 Å².